The van der Waals surface area contributed by atoms with Crippen LogP contribution in [-0.2, 0) is 6.54 Å². The lowest BCUT2D eigenvalue weighted by Gasteiger charge is -2.10. The number of aromatic nitrogens is 3. The van der Waals surface area contributed by atoms with E-state index in [4.69, 9.17) is 5.73 Å². The number of unbranched alkanes of at least 4 members (excludes halogenated alkanes) is 1. The maximum atomic E-state index is 11.5. The molecule has 2 aromatic heterocycles. The molecule has 3 aromatic rings. The summed E-state index contributed by atoms with van der Waals surface area (Å²) in [6.45, 7) is 5.34. The second-order valence-electron chi connectivity index (χ2n) is 6.41. The van der Waals surface area contributed by atoms with Crippen LogP contribution in [0.3, 0.4) is 0 Å². The molecule has 0 spiro atoms. The monoisotopic (exact) mass is 340 g/mol. The summed E-state index contributed by atoms with van der Waals surface area (Å²) in [4.78, 5) is 20.4. The van der Waals surface area contributed by atoms with Gasteiger partial charge in [-0.1, -0.05) is 18.2 Å². The molecule has 4 N–H and O–H groups in total. The van der Waals surface area contributed by atoms with Gasteiger partial charge in [-0.15, -0.1) is 0 Å². The van der Waals surface area contributed by atoms with Crippen LogP contribution in [0.4, 0.5) is 10.6 Å². The smallest absolute Gasteiger partial charge is 0.314 e. The predicted molar refractivity (Wildman–Crippen MR) is 100 cm³/mol. The summed E-state index contributed by atoms with van der Waals surface area (Å²) in [7, 11) is 0. The first kappa shape index (κ1) is 17.0. The molecule has 0 aliphatic heterocycles. The van der Waals surface area contributed by atoms with Gasteiger partial charge in [0.1, 0.15) is 5.52 Å². The van der Waals surface area contributed by atoms with Crippen molar-refractivity contribution in [2.24, 2.45) is 0 Å². The number of rotatable bonds is 6. The Hall–Kier alpha value is -2.83. The lowest BCUT2D eigenvalue weighted by atomic mass is 10.2. The molecule has 132 valence electrons. The molecule has 2 heterocycles. The topological polar surface area (TPSA) is 97.9 Å². The molecule has 0 atom stereocenters. The molecule has 0 saturated carbocycles. The number of amides is 2. The van der Waals surface area contributed by atoms with Crippen molar-refractivity contribution < 1.29 is 4.79 Å². The van der Waals surface area contributed by atoms with Gasteiger partial charge in [0.2, 0.25) is 0 Å². The zero-order chi connectivity index (χ0) is 17.8. The van der Waals surface area contributed by atoms with Crippen LogP contribution in [0.5, 0.6) is 0 Å². The standard InChI is InChI=1S/C18H24N6O/c1-12(2)22-18(25)20-9-5-6-10-24-11-21-15-16(24)13-7-3-4-8-14(13)23-17(15)19/h3-4,7-8,11-12H,5-6,9-10H2,1-2H3,(H2,19,23)(H2,20,22,25). The Morgan fingerprint density at radius 2 is 2.08 bits per heavy atom. The molecule has 0 fully saturated rings. The zero-order valence-corrected chi connectivity index (χ0v) is 14.6. The molecule has 0 radical (unpaired) electrons. The number of carbonyl (C=O) groups is 1. The Bertz CT molecular complexity index is 886. The molecule has 1 aromatic carbocycles. The van der Waals surface area contributed by atoms with Crippen molar-refractivity contribution in [2.75, 3.05) is 12.3 Å². The van der Waals surface area contributed by atoms with Crippen LogP contribution < -0.4 is 16.4 Å². The number of anilines is 1. The highest BCUT2D eigenvalue weighted by molar-refractivity contribution is 6.06. The fraction of sp³-hybridized carbons (Fsp3) is 0.389. The van der Waals surface area contributed by atoms with Gasteiger partial charge in [-0.05, 0) is 32.8 Å². The van der Waals surface area contributed by atoms with E-state index in [-0.39, 0.29) is 12.1 Å². The Morgan fingerprint density at radius 1 is 1.28 bits per heavy atom. The molecule has 2 amide bonds. The van der Waals surface area contributed by atoms with Gasteiger partial charge in [0.25, 0.3) is 0 Å². The van der Waals surface area contributed by atoms with E-state index in [9.17, 15) is 4.79 Å². The summed E-state index contributed by atoms with van der Waals surface area (Å²) in [5, 5.41) is 6.73. The number of nitrogens with zero attached hydrogens (tertiary/aromatic N) is 3. The third-order valence-electron chi connectivity index (χ3n) is 4.01. The molecule has 3 rings (SSSR count). The number of urea groups is 1. The first-order valence-corrected chi connectivity index (χ1v) is 8.59. The maximum Gasteiger partial charge on any atom is 0.314 e. The van der Waals surface area contributed by atoms with E-state index in [1.807, 2.05) is 44.4 Å². The van der Waals surface area contributed by atoms with Crippen LogP contribution in [0.25, 0.3) is 21.9 Å². The van der Waals surface area contributed by atoms with E-state index in [1.165, 1.54) is 0 Å². The number of nitrogens with one attached hydrogen (secondary N) is 2. The lowest BCUT2D eigenvalue weighted by Crippen LogP contribution is -2.39. The summed E-state index contributed by atoms with van der Waals surface area (Å²) in [6, 6.07) is 7.97. The summed E-state index contributed by atoms with van der Waals surface area (Å²) in [5.41, 5.74) is 8.69. The second-order valence-corrected chi connectivity index (χ2v) is 6.41. The van der Waals surface area contributed by atoms with Crippen LogP contribution in [-0.4, -0.2) is 33.2 Å². The minimum atomic E-state index is -0.118. The molecule has 0 bridgehead atoms. The number of para-hydroxylation sites is 1. The van der Waals surface area contributed by atoms with E-state index in [0.717, 1.165) is 41.3 Å². The van der Waals surface area contributed by atoms with E-state index < -0.39 is 0 Å². The molecule has 7 nitrogen and oxygen atoms in total. The number of hydrogen-bond donors (Lipinski definition) is 3. The van der Waals surface area contributed by atoms with Gasteiger partial charge in [0, 0.05) is 24.5 Å². The van der Waals surface area contributed by atoms with Gasteiger partial charge < -0.3 is 20.9 Å². The van der Waals surface area contributed by atoms with Crippen molar-refractivity contribution in [1.82, 2.24) is 25.2 Å². The number of nitrogens with two attached hydrogens (primary N) is 1. The Kier molecular flexibility index (Phi) is 5.02. The fourth-order valence-electron chi connectivity index (χ4n) is 2.90. The van der Waals surface area contributed by atoms with Gasteiger partial charge >= 0.3 is 6.03 Å². The summed E-state index contributed by atoms with van der Waals surface area (Å²) in [5.74, 6) is 0.458. The van der Waals surface area contributed by atoms with Crippen LogP contribution in [0, 0.1) is 0 Å². The normalized spacial score (nSPS) is 11.3. The average Bonchev–Trinajstić information content (AvgIpc) is 2.99. The summed E-state index contributed by atoms with van der Waals surface area (Å²) >= 11 is 0. The molecule has 0 unspecified atom stereocenters. The number of nitrogen functional groups attached to an aromatic ring is 1. The fourth-order valence-corrected chi connectivity index (χ4v) is 2.90. The number of hydrogen-bond acceptors (Lipinski definition) is 4. The Balaban J connectivity index is 1.66. The van der Waals surface area contributed by atoms with E-state index in [1.54, 1.807) is 0 Å². The number of fused-ring (bicyclic) bond motifs is 3. The number of carbonyl (C=O) groups excluding carboxylic acids is 1. The largest absolute Gasteiger partial charge is 0.382 e. The molecule has 0 saturated heterocycles. The van der Waals surface area contributed by atoms with E-state index in [0.29, 0.717) is 12.4 Å². The summed E-state index contributed by atoms with van der Waals surface area (Å²) < 4.78 is 2.11. The molecule has 7 heteroatoms. The van der Waals surface area contributed by atoms with Crippen molar-refractivity contribution in [3.8, 4) is 0 Å². The highest BCUT2D eigenvalue weighted by atomic mass is 16.2. The van der Waals surface area contributed by atoms with Crippen LogP contribution >= 0.6 is 0 Å². The average molecular weight is 340 g/mol. The van der Waals surface area contributed by atoms with E-state index >= 15 is 0 Å². The van der Waals surface area contributed by atoms with Crippen molar-refractivity contribution in [2.45, 2.75) is 39.3 Å². The van der Waals surface area contributed by atoms with Crippen molar-refractivity contribution in [3.63, 3.8) is 0 Å². The quantitative estimate of drug-likeness (QED) is 0.601. The molecular formula is C18H24N6O. The highest BCUT2D eigenvalue weighted by Gasteiger charge is 2.11. The van der Waals surface area contributed by atoms with Crippen molar-refractivity contribution in [3.05, 3.63) is 30.6 Å². The molecule has 0 aliphatic carbocycles. The number of aryl methyl sites for hydroxylation is 1. The van der Waals surface area contributed by atoms with Gasteiger partial charge in [0.05, 0.1) is 17.4 Å². The number of pyridine rings is 1. The van der Waals surface area contributed by atoms with Gasteiger partial charge in [-0.25, -0.2) is 14.8 Å². The number of imidazole rings is 1. The minimum absolute atomic E-state index is 0.118. The minimum Gasteiger partial charge on any atom is -0.382 e. The molecule has 0 aliphatic rings. The third-order valence-corrected chi connectivity index (χ3v) is 4.01. The van der Waals surface area contributed by atoms with Crippen LogP contribution in [0.15, 0.2) is 30.6 Å². The molecular weight excluding hydrogens is 316 g/mol. The lowest BCUT2D eigenvalue weighted by molar-refractivity contribution is 0.238. The van der Waals surface area contributed by atoms with E-state index in [2.05, 4.69) is 25.2 Å². The predicted octanol–water partition coefficient (Wildman–Crippen LogP) is 2.65. The van der Waals surface area contributed by atoms with Crippen LogP contribution in [0.1, 0.15) is 26.7 Å². The second kappa shape index (κ2) is 7.38. The highest BCUT2D eigenvalue weighted by Crippen LogP contribution is 2.27. The maximum absolute atomic E-state index is 11.5. The first-order valence-electron chi connectivity index (χ1n) is 8.59. The van der Waals surface area contributed by atoms with Gasteiger partial charge in [-0.2, -0.15) is 0 Å². The Morgan fingerprint density at radius 3 is 2.88 bits per heavy atom. The molecule has 25 heavy (non-hydrogen) atoms. The zero-order valence-electron chi connectivity index (χ0n) is 14.6. The number of benzene rings is 1. The van der Waals surface area contributed by atoms with Gasteiger partial charge in [-0.3, -0.25) is 0 Å². The van der Waals surface area contributed by atoms with Crippen molar-refractivity contribution >= 4 is 33.8 Å². The Labute approximate surface area is 146 Å². The SMILES string of the molecule is CC(C)NC(=O)NCCCCn1cnc2c(N)nc3ccccc3c21. The first-order chi connectivity index (χ1) is 12.1. The van der Waals surface area contributed by atoms with Gasteiger partial charge in [0.15, 0.2) is 5.82 Å². The summed E-state index contributed by atoms with van der Waals surface area (Å²) in [6.07, 6.45) is 3.64. The van der Waals surface area contributed by atoms with Crippen LogP contribution in [0.2, 0.25) is 0 Å². The third kappa shape index (κ3) is 3.81. The van der Waals surface area contributed by atoms with Crippen molar-refractivity contribution in [1.29, 1.82) is 0 Å².